The Kier molecular flexibility index (Phi) is 5.98. The number of nitrogens with zero attached hydrogens (tertiary/aromatic N) is 2. The van der Waals surface area contributed by atoms with Crippen LogP contribution in [-0.2, 0) is 6.54 Å². The van der Waals surface area contributed by atoms with Crippen LogP contribution in [0.5, 0.6) is 11.5 Å². The maximum absolute atomic E-state index is 13.1. The van der Waals surface area contributed by atoms with Crippen LogP contribution in [0.25, 0.3) is 16.9 Å². The molecule has 0 saturated carbocycles. The summed E-state index contributed by atoms with van der Waals surface area (Å²) >= 11 is 0. The maximum atomic E-state index is 13.1. The Morgan fingerprint density at radius 3 is 2.32 bits per heavy atom. The lowest BCUT2D eigenvalue weighted by atomic mass is 10.1. The highest BCUT2D eigenvalue weighted by Crippen LogP contribution is 2.26. The Labute approximate surface area is 181 Å². The van der Waals surface area contributed by atoms with Crippen LogP contribution in [0.4, 0.5) is 0 Å². The molecule has 1 amide bonds. The first-order chi connectivity index (χ1) is 15.2. The molecule has 0 atom stereocenters. The number of hydrogen-bond donors (Lipinski definition) is 1. The van der Waals surface area contributed by atoms with Crippen molar-refractivity contribution in [1.82, 2.24) is 15.1 Å². The molecule has 6 heteroatoms. The monoisotopic (exact) mass is 413 g/mol. The number of rotatable bonds is 7. The minimum absolute atomic E-state index is 0.207. The maximum Gasteiger partial charge on any atom is 0.270 e. The largest absolute Gasteiger partial charge is 0.497 e. The molecule has 1 heterocycles. The summed E-state index contributed by atoms with van der Waals surface area (Å²) in [7, 11) is 3.24. The van der Waals surface area contributed by atoms with Gasteiger partial charge in [0, 0.05) is 12.1 Å². The van der Waals surface area contributed by atoms with E-state index >= 15 is 0 Å². The van der Waals surface area contributed by atoms with Gasteiger partial charge in [0.15, 0.2) is 0 Å². The van der Waals surface area contributed by atoms with Gasteiger partial charge in [-0.15, -0.1) is 0 Å². The van der Waals surface area contributed by atoms with Gasteiger partial charge >= 0.3 is 0 Å². The molecule has 0 aliphatic rings. The quantitative estimate of drug-likeness (QED) is 0.485. The van der Waals surface area contributed by atoms with Crippen molar-refractivity contribution >= 4 is 5.91 Å². The minimum Gasteiger partial charge on any atom is -0.497 e. The molecule has 0 saturated heterocycles. The Morgan fingerprint density at radius 2 is 1.61 bits per heavy atom. The molecule has 4 aromatic rings. The molecule has 156 valence electrons. The summed E-state index contributed by atoms with van der Waals surface area (Å²) in [5.74, 6) is 1.26. The standard InChI is InChI=1S/C25H23N3O3/c1-30-21-13-11-20(12-14-21)28-24(25(29)26-17-18-7-4-3-5-8-18)16-23(27-28)19-9-6-10-22(15-19)31-2/h3-16H,17H2,1-2H3,(H,26,29). The van der Waals surface area contributed by atoms with E-state index in [1.54, 1.807) is 25.0 Å². The van der Waals surface area contributed by atoms with Crippen LogP contribution < -0.4 is 14.8 Å². The van der Waals surface area contributed by atoms with Crippen LogP contribution in [0.15, 0.2) is 84.9 Å². The van der Waals surface area contributed by atoms with Gasteiger partial charge in [-0.1, -0.05) is 42.5 Å². The Balaban J connectivity index is 1.70. The fraction of sp³-hybridized carbons (Fsp3) is 0.120. The molecule has 3 aromatic carbocycles. The van der Waals surface area contributed by atoms with Crippen molar-refractivity contribution in [3.63, 3.8) is 0 Å². The van der Waals surface area contributed by atoms with E-state index in [9.17, 15) is 4.79 Å². The minimum atomic E-state index is -0.207. The number of carbonyl (C=O) groups excluding carboxylic acids is 1. The van der Waals surface area contributed by atoms with Crippen molar-refractivity contribution in [2.24, 2.45) is 0 Å². The van der Waals surface area contributed by atoms with E-state index in [0.29, 0.717) is 17.9 Å². The molecular weight excluding hydrogens is 390 g/mol. The fourth-order valence-electron chi connectivity index (χ4n) is 3.26. The first-order valence-corrected chi connectivity index (χ1v) is 9.89. The number of benzene rings is 3. The third kappa shape index (κ3) is 4.59. The van der Waals surface area contributed by atoms with E-state index in [1.807, 2.05) is 78.9 Å². The highest BCUT2D eigenvalue weighted by molar-refractivity contribution is 5.94. The number of nitrogens with one attached hydrogen (secondary N) is 1. The third-order valence-electron chi connectivity index (χ3n) is 4.92. The first kappa shape index (κ1) is 20.2. The number of carbonyl (C=O) groups is 1. The lowest BCUT2D eigenvalue weighted by Crippen LogP contribution is -2.25. The van der Waals surface area contributed by atoms with E-state index in [4.69, 9.17) is 14.6 Å². The number of aromatic nitrogens is 2. The van der Waals surface area contributed by atoms with Crippen molar-refractivity contribution < 1.29 is 14.3 Å². The summed E-state index contributed by atoms with van der Waals surface area (Å²) < 4.78 is 12.2. The van der Waals surface area contributed by atoms with Crippen LogP contribution >= 0.6 is 0 Å². The second-order valence-electron chi connectivity index (χ2n) is 6.92. The highest BCUT2D eigenvalue weighted by atomic mass is 16.5. The van der Waals surface area contributed by atoms with E-state index in [1.165, 1.54) is 0 Å². The molecular formula is C25H23N3O3. The summed E-state index contributed by atoms with van der Waals surface area (Å²) in [6.45, 7) is 0.432. The molecule has 6 nitrogen and oxygen atoms in total. The van der Waals surface area contributed by atoms with Gasteiger partial charge in [-0.3, -0.25) is 4.79 Å². The molecule has 0 bridgehead atoms. The second-order valence-corrected chi connectivity index (χ2v) is 6.92. The summed E-state index contributed by atoms with van der Waals surface area (Å²) in [5, 5.41) is 7.70. The molecule has 1 N–H and O–H groups in total. The SMILES string of the molecule is COc1ccc(-n2nc(-c3cccc(OC)c3)cc2C(=O)NCc2ccccc2)cc1. The summed E-state index contributed by atoms with van der Waals surface area (Å²) in [5.41, 5.74) is 3.78. The van der Waals surface area contributed by atoms with Crippen LogP contribution in [0.1, 0.15) is 16.1 Å². The van der Waals surface area contributed by atoms with Gasteiger partial charge < -0.3 is 14.8 Å². The van der Waals surface area contributed by atoms with Gasteiger partial charge in [0.2, 0.25) is 0 Å². The van der Waals surface area contributed by atoms with Gasteiger partial charge in [0.1, 0.15) is 17.2 Å². The molecule has 0 fully saturated rings. The van der Waals surface area contributed by atoms with Gasteiger partial charge in [-0.25, -0.2) is 4.68 Å². The predicted molar refractivity (Wildman–Crippen MR) is 120 cm³/mol. The van der Waals surface area contributed by atoms with E-state index in [2.05, 4.69) is 5.32 Å². The second kappa shape index (κ2) is 9.17. The number of ether oxygens (including phenoxy) is 2. The molecule has 0 spiro atoms. The van der Waals surface area contributed by atoms with E-state index < -0.39 is 0 Å². The molecule has 0 aliphatic carbocycles. The van der Waals surface area contributed by atoms with Crippen LogP contribution in [-0.4, -0.2) is 29.9 Å². The highest BCUT2D eigenvalue weighted by Gasteiger charge is 2.18. The normalized spacial score (nSPS) is 10.5. The first-order valence-electron chi connectivity index (χ1n) is 9.89. The summed E-state index contributed by atoms with van der Waals surface area (Å²) in [6, 6.07) is 26.6. The van der Waals surface area contributed by atoms with Crippen molar-refractivity contribution in [2.45, 2.75) is 6.54 Å². The fourth-order valence-corrected chi connectivity index (χ4v) is 3.26. The zero-order valence-electron chi connectivity index (χ0n) is 17.4. The Hall–Kier alpha value is -4.06. The summed E-state index contributed by atoms with van der Waals surface area (Å²) in [4.78, 5) is 13.1. The molecule has 4 rings (SSSR count). The van der Waals surface area contributed by atoms with Crippen molar-refractivity contribution in [3.05, 3.63) is 96.2 Å². The van der Waals surface area contributed by atoms with Crippen LogP contribution in [0.2, 0.25) is 0 Å². The Morgan fingerprint density at radius 1 is 0.871 bits per heavy atom. The van der Waals surface area contributed by atoms with Crippen molar-refractivity contribution in [1.29, 1.82) is 0 Å². The zero-order chi connectivity index (χ0) is 21.6. The summed E-state index contributed by atoms with van der Waals surface area (Å²) in [6.07, 6.45) is 0. The van der Waals surface area contributed by atoms with Gasteiger partial charge in [-0.2, -0.15) is 5.10 Å². The van der Waals surface area contributed by atoms with Crippen LogP contribution in [0.3, 0.4) is 0 Å². The lowest BCUT2D eigenvalue weighted by Gasteiger charge is -2.09. The zero-order valence-corrected chi connectivity index (χ0v) is 17.4. The van der Waals surface area contributed by atoms with E-state index in [0.717, 1.165) is 28.3 Å². The van der Waals surface area contributed by atoms with Gasteiger partial charge in [0.25, 0.3) is 5.91 Å². The smallest absolute Gasteiger partial charge is 0.270 e. The predicted octanol–water partition coefficient (Wildman–Crippen LogP) is 4.49. The average Bonchev–Trinajstić information content (AvgIpc) is 3.29. The van der Waals surface area contributed by atoms with E-state index in [-0.39, 0.29) is 5.91 Å². The molecule has 1 aromatic heterocycles. The molecule has 31 heavy (non-hydrogen) atoms. The molecule has 0 radical (unpaired) electrons. The number of amides is 1. The average molecular weight is 413 g/mol. The molecule has 0 aliphatic heterocycles. The van der Waals surface area contributed by atoms with Gasteiger partial charge in [0.05, 0.1) is 25.6 Å². The van der Waals surface area contributed by atoms with Gasteiger partial charge in [-0.05, 0) is 48.0 Å². The Bertz CT molecular complexity index is 1170. The topological polar surface area (TPSA) is 65.4 Å². The lowest BCUT2D eigenvalue weighted by molar-refractivity contribution is 0.0943. The van der Waals surface area contributed by atoms with Crippen molar-refractivity contribution in [3.8, 4) is 28.4 Å². The number of methoxy groups -OCH3 is 2. The number of hydrogen-bond acceptors (Lipinski definition) is 4. The van der Waals surface area contributed by atoms with Crippen molar-refractivity contribution in [2.75, 3.05) is 14.2 Å². The van der Waals surface area contributed by atoms with Crippen LogP contribution in [0, 0.1) is 0 Å². The third-order valence-corrected chi connectivity index (χ3v) is 4.92. The molecule has 0 unspecified atom stereocenters.